The number of rotatable bonds is 0. The van der Waals surface area contributed by atoms with Crippen LogP contribution in [0.15, 0.2) is 30.3 Å². The van der Waals surface area contributed by atoms with E-state index in [-0.39, 0.29) is 34.0 Å². The fourth-order valence-electron chi connectivity index (χ4n) is 1.82. The van der Waals surface area contributed by atoms with Crippen LogP contribution in [-0.4, -0.2) is 4.98 Å². The fraction of sp³-hybridized carbons (Fsp3) is 0.182. The first-order chi connectivity index (χ1) is 6.43. The number of pyridine rings is 1. The maximum absolute atomic E-state index is 4.59. The minimum absolute atomic E-state index is 0. The maximum Gasteiger partial charge on any atom is 0.0706 e. The molecule has 0 saturated carbocycles. The largest absolute Gasteiger partial charge is 0.307 e. The number of hydrogen-bond acceptors (Lipinski definition) is 2. The van der Waals surface area contributed by atoms with Crippen molar-refractivity contribution in [2.24, 2.45) is 0 Å². The van der Waals surface area contributed by atoms with Crippen molar-refractivity contribution in [2.75, 3.05) is 0 Å². The Hall–Kier alpha value is -0.450. The summed E-state index contributed by atoms with van der Waals surface area (Å²) < 4.78 is 0. The summed E-state index contributed by atoms with van der Waals surface area (Å²) in [7, 11) is 0. The highest BCUT2D eigenvalue weighted by atomic mass is 79.9. The highest BCUT2D eigenvalue weighted by molar-refractivity contribution is 8.93. The van der Waals surface area contributed by atoms with Crippen LogP contribution in [0.3, 0.4) is 0 Å². The zero-order valence-corrected chi connectivity index (χ0v) is 11.5. The Bertz CT molecular complexity index is 429. The van der Waals surface area contributed by atoms with E-state index in [0.717, 1.165) is 18.6 Å². The average molecular weight is 332 g/mol. The number of para-hydroxylation sites is 1. The molecule has 1 aliphatic rings. The van der Waals surface area contributed by atoms with Gasteiger partial charge in [0.05, 0.1) is 11.2 Å². The summed E-state index contributed by atoms with van der Waals surface area (Å²) in [5, 5.41) is 4.54. The summed E-state index contributed by atoms with van der Waals surface area (Å²) in [5.41, 5.74) is 3.65. The summed E-state index contributed by atoms with van der Waals surface area (Å²) in [6.45, 7) is 1.88. The lowest BCUT2D eigenvalue weighted by Crippen LogP contribution is -2.00. The second-order valence-corrected chi connectivity index (χ2v) is 3.39. The zero-order valence-electron chi connectivity index (χ0n) is 8.06. The second kappa shape index (κ2) is 5.05. The second-order valence-electron chi connectivity index (χ2n) is 3.39. The van der Waals surface area contributed by atoms with Crippen molar-refractivity contribution < 1.29 is 0 Å². The highest BCUT2D eigenvalue weighted by Gasteiger charge is 2.11. The van der Waals surface area contributed by atoms with E-state index in [1.54, 1.807) is 0 Å². The van der Waals surface area contributed by atoms with Gasteiger partial charge in [-0.25, -0.2) is 0 Å². The quantitative estimate of drug-likeness (QED) is 0.802. The number of halogens is 2. The molecule has 15 heavy (non-hydrogen) atoms. The van der Waals surface area contributed by atoms with Gasteiger partial charge >= 0.3 is 0 Å². The lowest BCUT2D eigenvalue weighted by atomic mass is 10.1. The SMILES string of the molecule is Br.Br.c1ccc2nc3c(cc2c1)CNC3. The van der Waals surface area contributed by atoms with Crippen molar-refractivity contribution in [1.82, 2.24) is 10.3 Å². The Labute approximate surface area is 110 Å². The van der Waals surface area contributed by atoms with Crippen LogP contribution in [0.2, 0.25) is 0 Å². The number of nitrogens with zero attached hydrogens (tertiary/aromatic N) is 1. The van der Waals surface area contributed by atoms with E-state index in [0.29, 0.717) is 0 Å². The van der Waals surface area contributed by atoms with E-state index in [1.165, 1.54) is 16.6 Å². The Morgan fingerprint density at radius 3 is 2.73 bits per heavy atom. The van der Waals surface area contributed by atoms with E-state index in [9.17, 15) is 0 Å². The van der Waals surface area contributed by atoms with Crippen molar-refractivity contribution in [3.05, 3.63) is 41.6 Å². The van der Waals surface area contributed by atoms with Gasteiger partial charge < -0.3 is 5.32 Å². The van der Waals surface area contributed by atoms with Crippen LogP contribution in [0.5, 0.6) is 0 Å². The Morgan fingerprint density at radius 1 is 1.07 bits per heavy atom. The minimum Gasteiger partial charge on any atom is -0.307 e. The van der Waals surface area contributed by atoms with Gasteiger partial charge in [-0.1, -0.05) is 18.2 Å². The molecular formula is C11H12Br2N2. The van der Waals surface area contributed by atoms with E-state index in [2.05, 4.69) is 34.6 Å². The Kier molecular flexibility index (Phi) is 4.25. The third kappa shape index (κ3) is 2.22. The third-order valence-electron chi connectivity index (χ3n) is 2.50. The number of aromatic nitrogens is 1. The summed E-state index contributed by atoms with van der Waals surface area (Å²) in [5.74, 6) is 0. The van der Waals surface area contributed by atoms with Crippen LogP contribution < -0.4 is 5.32 Å². The first kappa shape index (κ1) is 12.6. The standard InChI is InChI=1S/C11H10N2.2BrH/c1-2-4-10-8(3-1)5-9-6-12-7-11(9)13-10;;/h1-5,12H,6-7H2;2*1H. The van der Waals surface area contributed by atoms with Gasteiger partial charge in [-0.05, 0) is 17.7 Å². The average Bonchev–Trinajstić information content (AvgIpc) is 2.61. The number of benzene rings is 1. The molecular weight excluding hydrogens is 320 g/mol. The van der Waals surface area contributed by atoms with E-state index < -0.39 is 0 Å². The van der Waals surface area contributed by atoms with E-state index in [4.69, 9.17) is 0 Å². The molecule has 2 heterocycles. The molecule has 0 radical (unpaired) electrons. The molecule has 2 aromatic rings. The van der Waals surface area contributed by atoms with E-state index >= 15 is 0 Å². The minimum atomic E-state index is 0. The lowest BCUT2D eigenvalue weighted by molar-refractivity contribution is 0.758. The van der Waals surface area contributed by atoms with Crippen molar-refractivity contribution in [2.45, 2.75) is 13.1 Å². The molecule has 0 amide bonds. The molecule has 0 aliphatic carbocycles. The first-order valence-corrected chi connectivity index (χ1v) is 4.52. The predicted molar refractivity (Wildman–Crippen MR) is 72.9 cm³/mol. The predicted octanol–water partition coefficient (Wildman–Crippen LogP) is 2.99. The molecule has 4 heteroatoms. The van der Waals surface area contributed by atoms with Gasteiger partial charge in [-0.15, -0.1) is 34.0 Å². The molecule has 1 aromatic carbocycles. The van der Waals surface area contributed by atoms with Gasteiger partial charge in [0, 0.05) is 18.5 Å². The molecule has 0 fully saturated rings. The van der Waals surface area contributed by atoms with Crippen LogP contribution in [0.1, 0.15) is 11.3 Å². The first-order valence-electron chi connectivity index (χ1n) is 4.52. The molecule has 1 N–H and O–H groups in total. The molecule has 0 bridgehead atoms. The Balaban J connectivity index is 0.000000562. The number of nitrogens with one attached hydrogen (secondary N) is 1. The molecule has 0 atom stereocenters. The number of fused-ring (bicyclic) bond motifs is 2. The maximum atomic E-state index is 4.59. The van der Waals surface area contributed by atoms with Gasteiger partial charge in [-0.2, -0.15) is 0 Å². The topological polar surface area (TPSA) is 24.9 Å². The van der Waals surface area contributed by atoms with Crippen LogP contribution in [0, 0.1) is 0 Å². The smallest absolute Gasteiger partial charge is 0.0706 e. The van der Waals surface area contributed by atoms with Gasteiger partial charge in [0.1, 0.15) is 0 Å². The summed E-state index contributed by atoms with van der Waals surface area (Å²) >= 11 is 0. The van der Waals surface area contributed by atoms with E-state index in [1.807, 2.05) is 6.07 Å². The Morgan fingerprint density at radius 2 is 1.87 bits per heavy atom. The highest BCUT2D eigenvalue weighted by Crippen LogP contribution is 2.19. The van der Waals surface area contributed by atoms with Crippen LogP contribution in [-0.2, 0) is 13.1 Å². The van der Waals surface area contributed by atoms with Crippen LogP contribution in [0.4, 0.5) is 0 Å². The fourth-order valence-corrected chi connectivity index (χ4v) is 1.82. The molecule has 0 spiro atoms. The summed E-state index contributed by atoms with van der Waals surface area (Å²) in [4.78, 5) is 4.59. The van der Waals surface area contributed by atoms with Gasteiger partial charge in [-0.3, -0.25) is 4.98 Å². The molecule has 80 valence electrons. The summed E-state index contributed by atoms with van der Waals surface area (Å²) in [6.07, 6.45) is 0. The lowest BCUT2D eigenvalue weighted by Gasteiger charge is -2.00. The normalized spacial score (nSPS) is 12.8. The van der Waals surface area contributed by atoms with Crippen molar-refractivity contribution in [3.63, 3.8) is 0 Å². The third-order valence-corrected chi connectivity index (χ3v) is 2.50. The molecule has 0 unspecified atom stereocenters. The van der Waals surface area contributed by atoms with Crippen LogP contribution in [0.25, 0.3) is 10.9 Å². The monoisotopic (exact) mass is 330 g/mol. The molecule has 2 nitrogen and oxygen atoms in total. The molecule has 0 saturated heterocycles. The van der Waals surface area contributed by atoms with Crippen molar-refractivity contribution in [3.8, 4) is 0 Å². The molecule has 3 rings (SSSR count). The number of hydrogen-bond donors (Lipinski definition) is 1. The molecule has 1 aliphatic heterocycles. The van der Waals surface area contributed by atoms with Crippen LogP contribution >= 0.6 is 34.0 Å². The zero-order chi connectivity index (χ0) is 8.67. The van der Waals surface area contributed by atoms with Gasteiger partial charge in [0.15, 0.2) is 0 Å². The van der Waals surface area contributed by atoms with Gasteiger partial charge in [0.2, 0.25) is 0 Å². The summed E-state index contributed by atoms with van der Waals surface area (Å²) in [6, 6.07) is 10.5. The van der Waals surface area contributed by atoms with Gasteiger partial charge in [0.25, 0.3) is 0 Å². The molecule has 1 aromatic heterocycles. The van der Waals surface area contributed by atoms with Crippen molar-refractivity contribution >= 4 is 44.9 Å². The van der Waals surface area contributed by atoms with Crippen molar-refractivity contribution in [1.29, 1.82) is 0 Å².